The summed E-state index contributed by atoms with van der Waals surface area (Å²) in [5.74, 6) is 1.01. The molecule has 0 aliphatic heterocycles. The van der Waals surface area contributed by atoms with E-state index >= 15 is 0 Å². The number of nitrogens with one attached hydrogen (secondary N) is 1. The van der Waals surface area contributed by atoms with Crippen LogP contribution in [0.1, 0.15) is 87.3 Å². The van der Waals surface area contributed by atoms with Gasteiger partial charge < -0.3 is 10.4 Å². The van der Waals surface area contributed by atoms with Crippen molar-refractivity contribution in [1.82, 2.24) is 5.32 Å². The van der Waals surface area contributed by atoms with Gasteiger partial charge in [0, 0.05) is 16.1 Å². The molecule has 0 heterocycles. The first-order valence-corrected chi connectivity index (χ1v) is 25.6. The van der Waals surface area contributed by atoms with Crippen molar-refractivity contribution in [1.29, 1.82) is 0 Å². The van der Waals surface area contributed by atoms with Crippen LogP contribution in [0.15, 0.2) is 18.2 Å². The third kappa shape index (κ3) is 12.7. The Hall–Kier alpha value is -0.966. The molecule has 1 unspecified atom stereocenters. The molecule has 2 N–H and O–H groups in total. The maximum absolute atomic E-state index is 13.8. The summed E-state index contributed by atoms with van der Waals surface area (Å²) in [4.78, 5) is 11.9. The molecule has 0 bridgehead atoms. The van der Waals surface area contributed by atoms with E-state index in [1.54, 1.807) is 0 Å². The van der Waals surface area contributed by atoms with Gasteiger partial charge in [0.1, 0.15) is 0 Å². The zero-order valence-corrected chi connectivity index (χ0v) is 31.0. The van der Waals surface area contributed by atoms with Gasteiger partial charge >= 0.3 is 13.9 Å². The lowest BCUT2D eigenvalue weighted by Crippen LogP contribution is -2.49. The Labute approximate surface area is 263 Å². The number of phosphoric acid groups is 1. The van der Waals surface area contributed by atoms with Crippen molar-refractivity contribution in [3.63, 3.8) is 0 Å². The molecule has 3 rings (SSSR count). The van der Waals surface area contributed by atoms with E-state index in [9.17, 15) is 14.5 Å². The fourth-order valence-electron chi connectivity index (χ4n) is 6.37. The number of amides is 1. The van der Waals surface area contributed by atoms with Crippen LogP contribution in [0.5, 0.6) is 0 Å². The zero-order chi connectivity index (χ0) is 31.7. The number of unbranched alkanes of at least 4 members (excludes halogenated alkanes) is 3. The van der Waals surface area contributed by atoms with E-state index in [4.69, 9.17) is 13.6 Å². The summed E-state index contributed by atoms with van der Waals surface area (Å²) in [6.45, 7) is 16.3. The molecule has 7 nitrogen and oxygen atoms in total. The van der Waals surface area contributed by atoms with Gasteiger partial charge in [0.25, 0.3) is 0 Å². The summed E-state index contributed by atoms with van der Waals surface area (Å²) >= 11 is 0. The number of hydrogen-bond donors (Lipinski definition) is 2. The second-order valence-corrected chi connectivity index (χ2v) is 28.6. The van der Waals surface area contributed by atoms with Crippen molar-refractivity contribution in [2.75, 3.05) is 19.8 Å². The van der Waals surface area contributed by atoms with Gasteiger partial charge in [-0.2, -0.15) is 0 Å². The third-order valence-electron chi connectivity index (χ3n) is 9.18. The standard InChI is InChI=1S/C33H60NO6PSi2/c1-8-9-10-11-12-27-13-14-29-24-30(16-15-28(29)23-27)31-17-18-33(25-31,34-32(35)36)26-40-41(37,38-19-21-42(2,3)4)39-20-22-43(5,6)7/h15-16,24,27,31,34H,8-14,17-23,25-26H2,1-7H3,(H,35,36)/t27?,31-,33+/m0/s1. The van der Waals surface area contributed by atoms with Gasteiger partial charge in [-0.25, -0.2) is 9.36 Å². The second-order valence-electron chi connectivity index (χ2n) is 15.6. The van der Waals surface area contributed by atoms with Crippen molar-refractivity contribution < 1.29 is 28.0 Å². The highest BCUT2D eigenvalue weighted by molar-refractivity contribution is 7.48. The van der Waals surface area contributed by atoms with Crippen LogP contribution in [-0.4, -0.2) is 52.7 Å². The summed E-state index contributed by atoms with van der Waals surface area (Å²) in [6.07, 6.45) is 11.2. The average Bonchev–Trinajstić information content (AvgIpc) is 3.32. The van der Waals surface area contributed by atoms with Crippen LogP contribution in [0, 0.1) is 5.92 Å². The van der Waals surface area contributed by atoms with Crippen LogP contribution in [0.3, 0.4) is 0 Å². The highest BCUT2D eigenvalue weighted by Gasteiger charge is 2.44. The molecule has 2 aliphatic carbocycles. The monoisotopic (exact) mass is 653 g/mol. The van der Waals surface area contributed by atoms with Gasteiger partial charge in [-0.1, -0.05) is 96.5 Å². The number of phosphoric ester groups is 1. The lowest BCUT2D eigenvalue weighted by molar-refractivity contribution is 0.0870. The Balaban J connectivity index is 1.67. The Bertz CT molecular complexity index is 1060. The van der Waals surface area contributed by atoms with E-state index in [-0.39, 0.29) is 12.5 Å². The van der Waals surface area contributed by atoms with E-state index in [0.717, 1.165) is 30.8 Å². The van der Waals surface area contributed by atoms with Gasteiger partial charge in [0.2, 0.25) is 0 Å². The molecular weight excluding hydrogens is 594 g/mol. The molecule has 1 aromatic rings. The van der Waals surface area contributed by atoms with E-state index in [2.05, 4.69) is 69.7 Å². The van der Waals surface area contributed by atoms with Crippen molar-refractivity contribution in [3.8, 4) is 0 Å². The molecule has 43 heavy (non-hydrogen) atoms. The van der Waals surface area contributed by atoms with Gasteiger partial charge in [-0.3, -0.25) is 13.6 Å². The molecule has 10 heteroatoms. The molecule has 0 aromatic heterocycles. The van der Waals surface area contributed by atoms with Crippen LogP contribution in [-0.2, 0) is 31.0 Å². The van der Waals surface area contributed by atoms with Crippen molar-refractivity contribution >= 4 is 30.1 Å². The fraction of sp³-hybridized carbons (Fsp3) is 0.788. The van der Waals surface area contributed by atoms with Gasteiger partial charge in [-0.05, 0) is 79.1 Å². The Morgan fingerprint density at radius 3 is 2.26 bits per heavy atom. The maximum Gasteiger partial charge on any atom is 0.474 e. The van der Waals surface area contributed by atoms with E-state index in [1.165, 1.54) is 61.6 Å². The molecule has 1 saturated carbocycles. The first-order valence-electron chi connectivity index (χ1n) is 16.8. The molecule has 2 aliphatic rings. The second kappa shape index (κ2) is 16.0. The quantitative estimate of drug-likeness (QED) is 0.0931. The summed E-state index contributed by atoms with van der Waals surface area (Å²) in [6, 6.07) is 8.63. The Morgan fingerprint density at radius 1 is 0.977 bits per heavy atom. The van der Waals surface area contributed by atoms with Gasteiger partial charge in [-0.15, -0.1) is 0 Å². The highest BCUT2D eigenvalue weighted by Crippen LogP contribution is 2.52. The Morgan fingerprint density at radius 2 is 1.65 bits per heavy atom. The third-order valence-corrected chi connectivity index (χ3v) is 14.0. The minimum Gasteiger partial charge on any atom is -0.465 e. The summed E-state index contributed by atoms with van der Waals surface area (Å²) < 4.78 is 31.5. The first-order chi connectivity index (χ1) is 20.1. The summed E-state index contributed by atoms with van der Waals surface area (Å²) in [5.41, 5.74) is 3.38. The van der Waals surface area contributed by atoms with Crippen LogP contribution >= 0.6 is 7.82 Å². The first kappa shape index (κ1) is 36.5. The number of benzene rings is 1. The van der Waals surface area contributed by atoms with Crippen molar-refractivity contribution in [2.24, 2.45) is 5.92 Å². The van der Waals surface area contributed by atoms with E-state index in [1.807, 2.05) is 0 Å². The molecule has 1 fully saturated rings. The SMILES string of the molecule is CCCCCCC1CCc2cc([C@H]3CC[C@@](COP(=O)(OCC[Si](C)(C)C)OCC[Si](C)(C)C)(NC(=O)O)C3)ccc2C1. The smallest absolute Gasteiger partial charge is 0.465 e. The number of fused-ring (bicyclic) bond motifs is 1. The molecule has 0 saturated heterocycles. The predicted octanol–water partition coefficient (Wildman–Crippen LogP) is 9.87. The topological polar surface area (TPSA) is 94.1 Å². The summed E-state index contributed by atoms with van der Waals surface area (Å²) in [7, 11) is -6.67. The maximum atomic E-state index is 13.8. The number of rotatable bonds is 18. The van der Waals surface area contributed by atoms with Crippen molar-refractivity contribution in [3.05, 3.63) is 34.9 Å². The largest absolute Gasteiger partial charge is 0.474 e. The molecular formula is C33H60NO6PSi2. The number of hydrogen-bond acceptors (Lipinski definition) is 5. The highest BCUT2D eigenvalue weighted by atomic mass is 31.2. The summed E-state index contributed by atoms with van der Waals surface area (Å²) in [5, 5.41) is 12.5. The lowest BCUT2D eigenvalue weighted by atomic mass is 9.79. The molecule has 0 radical (unpaired) electrons. The number of carbonyl (C=O) groups is 1. The average molecular weight is 654 g/mol. The van der Waals surface area contributed by atoms with Gasteiger partial charge in [0.15, 0.2) is 0 Å². The molecule has 1 amide bonds. The van der Waals surface area contributed by atoms with Gasteiger partial charge in [0.05, 0.1) is 25.4 Å². The fourth-order valence-corrected chi connectivity index (χ4v) is 9.40. The van der Waals surface area contributed by atoms with Crippen LogP contribution in [0.2, 0.25) is 51.4 Å². The Kier molecular flexibility index (Phi) is 13.6. The van der Waals surface area contributed by atoms with Crippen LogP contribution in [0.4, 0.5) is 4.79 Å². The number of carboxylic acid groups (broad SMARTS) is 1. The minimum absolute atomic E-state index is 0.0301. The van der Waals surface area contributed by atoms with E-state index < -0.39 is 35.6 Å². The van der Waals surface area contributed by atoms with Crippen molar-refractivity contribution in [2.45, 2.75) is 140 Å². The lowest BCUT2D eigenvalue weighted by Gasteiger charge is -2.31. The predicted molar refractivity (Wildman–Crippen MR) is 183 cm³/mol. The molecule has 3 atom stereocenters. The van der Waals surface area contributed by atoms with Crippen LogP contribution < -0.4 is 5.32 Å². The minimum atomic E-state index is -3.84. The molecule has 1 aromatic carbocycles. The molecule has 0 spiro atoms. The van der Waals surface area contributed by atoms with E-state index in [0.29, 0.717) is 26.1 Å². The number of aryl methyl sites for hydroxylation is 1. The van der Waals surface area contributed by atoms with Crippen LogP contribution in [0.25, 0.3) is 0 Å². The zero-order valence-electron chi connectivity index (χ0n) is 28.1. The normalized spacial score (nSPS) is 22.9. The molecule has 246 valence electrons.